The van der Waals surface area contributed by atoms with Crippen LogP contribution in [-0.4, -0.2) is 22.4 Å². The number of hydrogen-bond acceptors (Lipinski definition) is 1. The SMILES string of the molecule is CC(=O)N(C)Cc1cccn1C. The van der Waals surface area contributed by atoms with Gasteiger partial charge in [0.05, 0.1) is 6.54 Å². The van der Waals surface area contributed by atoms with Crippen molar-refractivity contribution < 1.29 is 4.79 Å². The Kier molecular flexibility index (Phi) is 2.53. The Labute approximate surface area is 72.6 Å². The van der Waals surface area contributed by atoms with Crippen molar-refractivity contribution in [2.75, 3.05) is 7.05 Å². The van der Waals surface area contributed by atoms with Crippen molar-refractivity contribution in [2.24, 2.45) is 7.05 Å². The third-order valence-corrected chi connectivity index (χ3v) is 1.99. The van der Waals surface area contributed by atoms with Gasteiger partial charge in [-0.1, -0.05) is 0 Å². The summed E-state index contributed by atoms with van der Waals surface area (Å²) >= 11 is 0. The monoisotopic (exact) mass is 166 g/mol. The fourth-order valence-corrected chi connectivity index (χ4v) is 1.02. The Bertz CT molecular complexity index is 278. The van der Waals surface area contributed by atoms with Crippen molar-refractivity contribution in [2.45, 2.75) is 13.5 Å². The summed E-state index contributed by atoms with van der Waals surface area (Å²) in [5.74, 6) is 0.0937. The van der Waals surface area contributed by atoms with Gasteiger partial charge in [-0.15, -0.1) is 0 Å². The topological polar surface area (TPSA) is 25.2 Å². The zero-order chi connectivity index (χ0) is 9.14. The van der Waals surface area contributed by atoms with Gasteiger partial charge in [-0.3, -0.25) is 4.79 Å². The van der Waals surface area contributed by atoms with E-state index in [1.807, 2.05) is 29.9 Å². The van der Waals surface area contributed by atoms with Crippen molar-refractivity contribution >= 4 is 5.91 Å². The number of aromatic nitrogens is 1. The molecule has 0 atom stereocenters. The Morgan fingerprint density at radius 3 is 2.75 bits per heavy atom. The molecule has 0 aromatic carbocycles. The molecule has 1 amide bonds. The summed E-state index contributed by atoms with van der Waals surface area (Å²) in [6.07, 6.45) is 1.98. The molecule has 1 aromatic rings. The molecular weight excluding hydrogens is 152 g/mol. The fraction of sp³-hybridized carbons (Fsp3) is 0.444. The first-order valence-electron chi connectivity index (χ1n) is 3.93. The quantitative estimate of drug-likeness (QED) is 0.643. The van der Waals surface area contributed by atoms with Gasteiger partial charge in [-0.25, -0.2) is 0 Å². The van der Waals surface area contributed by atoms with Crippen molar-refractivity contribution in [3.8, 4) is 0 Å². The Balaban J connectivity index is 2.64. The van der Waals surface area contributed by atoms with Crippen LogP contribution in [0.15, 0.2) is 18.3 Å². The lowest BCUT2D eigenvalue weighted by atomic mass is 10.4. The van der Waals surface area contributed by atoms with Gasteiger partial charge in [0.1, 0.15) is 0 Å². The van der Waals surface area contributed by atoms with E-state index >= 15 is 0 Å². The fourth-order valence-electron chi connectivity index (χ4n) is 1.02. The molecule has 0 saturated heterocycles. The number of amides is 1. The largest absolute Gasteiger partial charge is 0.353 e. The molecule has 1 aromatic heterocycles. The standard InChI is InChI=1S/C9H14N2O/c1-8(12)11(3)7-9-5-4-6-10(9)2/h4-6H,7H2,1-3H3. The molecule has 0 saturated carbocycles. The van der Waals surface area contributed by atoms with E-state index in [4.69, 9.17) is 0 Å². The van der Waals surface area contributed by atoms with Crippen LogP contribution in [0.4, 0.5) is 0 Å². The second-order valence-electron chi connectivity index (χ2n) is 2.99. The molecule has 0 radical (unpaired) electrons. The first kappa shape index (κ1) is 8.84. The summed E-state index contributed by atoms with van der Waals surface area (Å²) in [6, 6.07) is 3.99. The van der Waals surface area contributed by atoms with Crippen molar-refractivity contribution in [3.05, 3.63) is 24.0 Å². The van der Waals surface area contributed by atoms with E-state index in [1.54, 1.807) is 18.9 Å². The van der Waals surface area contributed by atoms with E-state index in [1.165, 1.54) is 0 Å². The van der Waals surface area contributed by atoms with Crippen LogP contribution in [-0.2, 0) is 18.4 Å². The van der Waals surface area contributed by atoms with Crippen molar-refractivity contribution in [1.29, 1.82) is 0 Å². The maximum absolute atomic E-state index is 10.9. The van der Waals surface area contributed by atoms with Crippen LogP contribution in [0.5, 0.6) is 0 Å². The Morgan fingerprint density at radius 1 is 1.67 bits per heavy atom. The maximum atomic E-state index is 10.9. The summed E-state index contributed by atoms with van der Waals surface area (Å²) in [7, 11) is 3.78. The second kappa shape index (κ2) is 3.43. The van der Waals surface area contributed by atoms with Gasteiger partial charge in [-0.05, 0) is 12.1 Å². The highest BCUT2D eigenvalue weighted by atomic mass is 16.2. The number of carbonyl (C=O) groups is 1. The van der Waals surface area contributed by atoms with Gasteiger partial charge < -0.3 is 9.47 Å². The maximum Gasteiger partial charge on any atom is 0.219 e. The molecular formula is C9H14N2O. The van der Waals surface area contributed by atoms with Crippen LogP contribution in [0.1, 0.15) is 12.6 Å². The van der Waals surface area contributed by atoms with Gasteiger partial charge >= 0.3 is 0 Å². The lowest BCUT2D eigenvalue weighted by molar-refractivity contribution is -0.128. The number of rotatable bonds is 2. The molecule has 0 aliphatic carbocycles. The van der Waals surface area contributed by atoms with E-state index < -0.39 is 0 Å². The minimum absolute atomic E-state index is 0.0937. The summed E-state index contributed by atoms with van der Waals surface area (Å²) < 4.78 is 2.01. The van der Waals surface area contributed by atoms with Crippen molar-refractivity contribution in [1.82, 2.24) is 9.47 Å². The number of aryl methyl sites for hydroxylation is 1. The molecule has 0 spiro atoms. The number of nitrogens with zero attached hydrogens (tertiary/aromatic N) is 2. The first-order valence-corrected chi connectivity index (χ1v) is 3.93. The van der Waals surface area contributed by atoms with Crippen LogP contribution in [0, 0.1) is 0 Å². The average molecular weight is 166 g/mol. The average Bonchev–Trinajstić information content (AvgIpc) is 2.36. The summed E-state index contributed by atoms with van der Waals surface area (Å²) in [5.41, 5.74) is 1.15. The van der Waals surface area contributed by atoms with Crippen LogP contribution in [0.3, 0.4) is 0 Å². The highest BCUT2D eigenvalue weighted by Crippen LogP contribution is 2.02. The predicted molar refractivity (Wildman–Crippen MR) is 47.6 cm³/mol. The van der Waals surface area contributed by atoms with Gasteiger partial charge in [0.2, 0.25) is 5.91 Å². The molecule has 1 heterocycles. The highest BCUT2D eigenvalue weighted by molar-refractivity contribution is 5.72. The molecule has 0 bridgehead atoms. The van der Waals surface area contributed by atoms with E-state index in [0.717, 1.165) is 5.69 Å². The van der Waals surface area contributed by atoms with Crippen LogP contribution < -0.4 is 0 Å². The van der Waals surface area contributed by atoms with Gasteiger partial charge in [0.15, 0.2) is 0 Å². The van der Waals surface area contributed by atoms with Crippen LogP contribution >= 0.6 is 0 Å². The number of hydrogen-bond donors (Lipinski definition) is 0. The summed E-state index contributed by atoms with van der Waals surface area (Å²) in [5, 5.41) is 0. The van der Waals surface area contributed by atoms with Crippen LogP contribution in [0.2, 0.25) is 0 Å². The third-order valence-electron chi connectivity index (χ3n) is 1.99. The van der Waals surface area contributed by atoms with Crippen LogP contribution in [0.25, 0.3) is 0 Å². The molecule has 0 aliphatic rings. The van der Waals surface area contributed by atoms with Gasteiger partial charge in [0.25, 0.3) is 0 Å². The zero-order valence-electron chi connectivity index (χ0n) is 7.74. The summed E-state index contributed by atoms with van der Waals surface area (Å²) in [4.78, 5) is 12.6. The molecule has 1 rings (SSSR count). The Hall–Kier alpha value is -1.25. The molecule has 0 aliphatic heterocycles. The van der Waals surface area contributed by atoms with Crippen molar-refractivity contribution in [3.63, 3.8) is 0 Å². The van der Waals surface area contributed by atoms with E-state index in [0.29, 0.717) is 6.54 Å². The van der Waals surface area contributed by atoms with E-state index in [-0.39, 0.29) is 5.91 Å². The molecule has 3 heteroatoms. The second-order valence-corrected chi connectivity index (χ2v) is 2.99. The normalized spacial score (nSPS) is 9.92. The van der Waals surface area contributed by atoms with E-state index in [9.17, 15) is 4.79 Å². The lowest BCUT2D eigenvalue weighted by Gasteiger charge is -2.14. The van der Waals surface area contributed by atoms with Gasteiger partial charge in [0, 0.05) is 32.9 Å². The molecule has 66 valence electrons. The highest BCUT2D eigenvalue weighted by Gasteiger charge is 2.04. The number of carbonyl (C=O) groups excluding carboxylic acids is 1. The lowest BCUT2D eigenvalue weighted by Crippen LogP contribution is -2.24. The van der Waals surface area contributed by atoms with E-state index in [2.05, 4.69) is 0 Å². The third kappa shape index (κ3) is 1.87. The predicted octanol–water partition coefficient (Wildman–Crippen LogP) is 1.00. The molecule has 0 N–H and O–H groups in total. The molecule has 12 heavy (non-hydrogen) atoms. The summed E-state index contributed by atoms with van der Waals surface area (Å²) in [6.45, 7) is 2.25. The zero-order valence-corrected chi connectivity index (χ0v) is 7.74. The smallest absolute Gasteiger partial charge is 0.219 e. The minimum Gasteiger partial charge on any atom is -0.353 e. The Morgan fingerprint density at radius 2 is 2.33 bits per heavy atom. The van der Waals surface area contributed by atoms with Gasteiger partial charge in [-0.2, -0.15) is 0 Å². The molecule has 0 unspecified atom stereocenters. The molecule has 0 fully saturated rings. The minimum atomic E-state index is 0.0937. The first-order chi connectivity index (χ1) is 5.61. The molecule has 3 nitrogen and oxygen atoms in total.